The maximum Gasteiger partial charge on any atom is 0.246 e. The van der Waals surface area contributed by atoms with Crippen LogP contribution in [0.3, 0.4) is 0 Å². The Balaban J connectivity index is 2.39. The molecule has 0 aromatic heterocycles. The Hall–Kier alpha value is -1.35. The van der Waals surface area contributed by atoms with Crippen molar-refractivity contribution in [2.75, 3.05) is 18.0 Å². The number of benzene rings is 1. The van der Waals surface area contributed by atoms with Crippen molar-refractivity contribution in [1.29, 1.82) is 0 Å². The maximum atomic E-state index is 12.7. The second kappa shape index (κ2) is 5.33. The zero-order valence-electron chi connectivity index (χ0n) is 12.4. The average molecular weight is 260 g/mol. The van der Waals surface area contributed by atoms with Crippen LogP contribution in [-0.2, 0) is 4.79 Å². The molecule has 0 bridgehead atoms. The van der Waals surface area contributed by atoms with Gasteiger partial charge in [-0.05, 0) is 64.3 Å². The molecule has 104 valence electrons. The highest BCUT2D eigenvalue weighted by Gasteiger charge is 2.33. The van der Waals surface area contributed by atoms with Crippen LogP contribution < -0.4 is 10.2 Å². The molecule has 1 saturated heterocycles. The van der Waals surface area contributed by atoms with E-state index in [0.29, 0.717) is 0 Å². The molecule has 1 amide bonds. The van der Waals surface area contributed by atoms with Crippen molar-refractivity contribution >= 4 is 11.6 Å². The molecule has 0 radical (unpaired) electrons. The van der Waals surface area contributed by atoms with Crippen molar-refractivity contribution in [3.63, 3.8) is 0 Å². The third kappa shape index (κ3) is 2.98. The Morgan fingerprint density at radius 1 is 1.21 bits per heavy atom. The average Bonchev–Trinajstić information content (AvgIpc) is 2.35. The number of carbonyl (C=O) groups is 1. The lowest BCUT2D eigenvalue weighted by Crippen LogP contribution is -2.56. The predicted molar refractivity (Wildman–Crippen MR) is 79.6 cm³/mol. The second-order valence-electron chi connectivity index (χ2n) is 6.01. The summed E-state index contributed by atoms with van der Waals surface area (Å²) in [6, 6.07) is 6.30. The van der Waals surface area contributed by atoms with Crippen LogP contribution in [0.1, 0.15) is 37.8 Å². The molecule has 19 heavy (non-hydrogen) atoms. The van der Waals surface area contributed by atoms with Crippen LogP contribution in [0.15, 0.2) is 18.2 Å². The molecular formula is C16H24N2O. The molecule has 2 rings (SSSR count). The third-order valence-electron chi connectivity index (χ3n) is 3.81. The molecule has 1 aromatic rings. The second-order valence-corrected chi connectivity index (χ2v) is 6.01. The third-order valence-corrected chi connectivity index (χ3v) is 3.81. The summed E-state index contributed by atoms with van der Waals surface area (Å²) in [4.78, 5) is 14.7. The smallest absolute Gasteiger partial charge is 0.246 e. The first-order valence-electron chi connectivity index (χ1n) is 7.06. The number of amides is 1. The first-order valence-corrected chi connectivity index (χ1v) is 7.06. The minimum Gasteiger partial charge on any atom is -0.311 e. The van der Waals surface area contributed by atoms with Crippen LogP contribution in [0, 0.1) is 13.8 Å². The summed E-state index contributed by atoms with van der Waals surface area (Å²) in [5, 5.41) is 3.35. The van der Waals surface area contributed by atoms with Crippen molar-refractivity contribution in [3.05, 3.63) is 29.3 Å². The summed E-state index contributed by atoms with van der Waals surface area (Å²) in [5.41, 5.74) is 2.93. The van der Waals surface area contributed by atoms with E-state index >= 15 is 0 Å². The standard InChI is InChI=1S/C16H24N2O/c1-12-7-8-13(2)14(11-12)18-10-6-5-9-17-16(3,4)15(18)19/h7-8,11,17H,5-6,9-10H2,1-4H3. The highest BCUT2D eigenvalue weighted by atomic mass is 16.2. The van der Waals surface area contributed by atoms with E-state index in [9.17, 15) is 4.79 Å². The van der Waals surface area contributed by atoms with Gasteiger partial charge in [-0.25, -0.2) is 0 Å². The quantitative estimate of drug-likeness (QED) is 0.842. The van der Waals surface area contributed by atoms with Crippen LogP contribution in [0.25, 0.3) is 0 Å². The Kier molecular flexibility index (Phi) is 3.95. The number of hydrogen-bond donors (Lipinski definition) is 1. The highest BCUT2D eigenvalue weighted by molar-refractivity contribution is 6.00. The first kappa shape index (κ1) is 14.1. The van der Waals surface area contributed by atoms with Gasteiger partial charge < -0.3 is 10.2 Å². The molecule has 1 aliphatic rings. The Bertz CT molecular complexity index is 480. The van der Waals surface area contributed by atoms with Gasteiger partial charge in [0.1, 0.15) is 0 Å². The van der Waals surface area contributed by atoms with Gasteiger partial charge in [0.2, 0.25) is 5.91 Å². The molecular weight excluding hydrogens is 236 g/mol. The molecule has 1 fully saturated rings. The molecule has 0 unspecified atom stereocenters. The van der Waals surface area contributed by atoms with Crippen molar-refractivity contribution in [2.45, 2.75) is 46.1 Å². The van der Waals surface area contributed by atoms with Gasteiger partial charge in [-0.1, -0.05) is 12.1 Å². The van der Waals surface area contributed by atoms with E-state index in [2.05, 4.69) is 37.4 Å². The van der Waals surface area contributed by atoms with E-state index in [0.717, 1.165) is 37.2 Å². The van der Waals surface area contributed by atoms with E-state index in [1.807, 2.05) is 18.7 Å². The van der Waals surface area contributed by atoms with Gasteiger partial charge in [0.25, 0.3) is 0 Å². The topological polar surface area (TPSA) is 32.3 Å². The Morgan fingerprint density at radius 2 is 1.95 bits per heavy atom. The molecule has 1 aliphatic heterocycles. The summed E-state index contributed by atoms with van der Waals surface area (Å²) in [7, 11) is 0. The van der Waals surface area contributed by atoms with Crippen molar-refractivity contribution in [2.24, 2.45) is 0 Å². The fraction of sp³-hybridized carbons (Fsp3) is 0.562. The predicted octanol–water partition coefficient (Wildman–Crippen LogP) is 2.80. The minimum atomic E-state index is -0.489. The number of anilines is 1. The summed E-state index contributed by atoms with van der Waals surface area (Å²) in [6.07, 6.45) is 2.15. The van der Waals surface area contributed by atoms with E-state index in [1.165, 1.54) is 5.56 Å². The molecule has 1 heterocycles. The van der Waals surface area contributed by atoms with Gasteiger partial charge >= 0.3 is 0 Å². The summed E-state index contributed by atoms with van der Waals surface area (Å²) < 4.78 is 0. The Morgan fingerprint density at radius 3 is 2.68 bits per heavy atom. The van der Waals surface area contributed by atoms with Gasteiger partial charge in [0.05, 0.1) is 5.54 Å². The Labute approximate surface area is 116 Å². The van der Waals surface area contributed by atoms with Gasteiger partial charge in [0.15, 0.2) is 0 Å². The van der Waals surface area contributed by atoms with Crippen LogP contribution in [0.5, 0.6) is 0 Å². The number of rotatable bonds is 1. The molecule has 0 saturated carbocycles. The summed E-state index contributed by atoms with van der Waals surface area (Å²) >= 11 is 0. The molecule has 0 spiro atoms. The van der Waals surface area contributed by atoms with E-state index in [4.69, 9.17) is 0 Å². The number of nitrogens with one attached hydrogen (secondary N) is 1. The van der Waals surface area contributed by atoms with Crippen LogP contribution >= 0.6 is 0 Å². The fourth-order valence-electron chi connectivity index (χ4n) is 2.55. The van der Waals surface area contributed by atoms with Crippen LogP contribution in [0.2, 0.25) is 0 Å². The molecule has 1 aromatic carbocycles. The lowest BCUT2D eigenvalue weighted by molar-refractivity contribution is -0.124. The van der Waals surface area contributed by atoms with Gasteiger partial charge in [-0.3, -0.25) is 4.79 Å². The number of carbonyl (C=O) groups excluding carboxylic acids is 1. The number of aryl methyl sites for hydroxylation is 2. The lowest BCUT2D eigenvalue weighted by Gasteiger charge is -2.36. The normalized spacial score (nSPS) is 20.0. The van der Waals surface area contributed by atoms with Gasteiger partial charge in [-0.15, -0.1) is 0 Å². The van der Waals surface area contributed by atoms with Crippen molar-refractivity contribution in [1.82, 2.24) is 5.32 Å². The SMILES string of the molecule is Cc1ccc(C)c(N2CCCCNC(C)(C)C2=O)c1. The zero-order chi connectivity index (χ0) is 14.0. The summed E-state index contributed by atoms with van der Waals surface area (Å²) in [6.45, 7) is 9.81. The van der Waals surface area contributed by atoms with Crippen LogP contribution in [-0.4, -0.2) is 24.5 Å². The molecule has 1 N–H and O–H groups in total. The largest absolute Gasteiger partial charge is 0.311 e. The highest BCUT2D eigenvalue weighted by Crippen LogP contribution is 2.25. The minimum absolute atomic E-state index is 0.168. The maximum absolute atomic E-state index is 12.7. The molecule has 0 atom stereocenters. The monoisotopic (exact) mass is 260 g/mol. The van der Waals surface area contributed by atoms with Crippen molar-refractivity contribution in [3.8, 4) is 0 Å². The van der Waals surface area contributed by atoms with Gasteiger partial charge in [0, 0.05) is 12.2 Å². The van der Waals surface area contributed by atoms with E-state index < -0.39 is 5.54 Å². The molecule has 0 aliphatic carbocycles. The first-order chi connectivity index (χ1) is 8.92. The molecule has 3 heteroatoms. The lowest BCUT2D eigenvalue weighted by atomic mass is 9.99. The number of hydrogen-bond acceptors (Lipinski definition) is 2. The van der Waals surface area contributed by atoms with E-state index in [-0.39, 0.29) is 5.91 Å². The van der Waals surface area contributed by atoms with Crippen LogP contribution in [0.4, 0.5) is 5.69 Å². The van der Waals surface area contributed by atoms with E-state index in [1.54, 1.807) is 0 Å². The number of nitrogens with zero attached hydrogens (tertiary/aromatic N) is 1. The van der Waals surface area contributed by atoms with Crippen molar-refractivity contribution < 1.29 is 4.79 Å². The van der Waals surface area contributed by atoms with Gasteiger partial charge in [-0.2, -0.15) is 0 Å². The molecule has 3 nitrogen and oxygen atoms in total. The fourth-order valence-corrected chi connectivity index (χ4v) is 2.55. The summed E-state index contributed by atoms with van der Waals surface area (Å²) in [5.74, 6) is 0.168. The zero-order valence-corrected chi connectivity index (χ0v) is 12.4.